The molecule has 1 saturated carbocycles. The molecule has 2 N–H and O–H groups in total. The van der Waals surface area contributed by atoms with Crippen molar-refractivity contribution < 1.29 is 24.2 Å². The summed E-state index contributed by atoms with van der Waals surface area (Å²) in [5, 5.41) is 13.4. The monoisotopic (exact) mass is 297 g/mol. The van der Waals surface area contributed by atoms with E-state index in [1.807, 2.05) is 0 Å². The Bertz CT molecular complexity index is 539. The van der Waals surface area contributed by atoms with Crippen LogP contribution in [0, 0.1) is 11.8 Å². The number of nitrogens with one attached hydrogen (secondary N) is 1. The summed E-state index contributed by atoms with van der Waals surface area (Å²) in [5.41, 5.74) is 0.378. The number of hydrogen-bond donors (Lipinski definition) is 2. The third kappa shape index (κ3) is 2.82. The Morgan fingerprint density at radius 1 is 1.35 bits per heavy atom. The lowest BCUT2D eigenvalue weighted by molar-refractivity contribution is -0.145. The molecule has 0 aromatic carbocycles. The van der Waals surface area contributed by atoms with Crippen molar-refractivity contribution in [3.8, 4) is 0 Å². The molecular formula is C13H15NO5S. The topological polar surface area (TPSA) is 92.7 Å². The smallest absolute Gasteiger partial charge is 0.350 e. The van der Waals surface area contributed by atoms with E-state index in [-0.39, 0.29) is 5.91 Å². The Kier molecular flexibility index (Phi) is 4.39. The summed E-state index contributed by atoms with van der Waals surface area (Å²) in [5.74, 6) is -3.00. The standard InChI is InChI=1S/C13H15NO5S/c1-19-13(18)10-9(5-6-20-10)14-11(15)7-3-2-4-8(7)12(16)17/h5-8H,2-4H2,1H3,(H,14,15)(H,16,17)/t7-,8+/m1/s1. The van der Waals surface area contributed by atoms with Gasteiger partial charge in [-0.2, -0.15) is 0 Å². The average molecular weight is 297 g/mol. The largest absolute Gasteiger partial charge is 0.481 e. The highest BCUT2D eigenvalue weighted by Crippen LogP contribution is 2.33. The van der Waals surface area contributed by atoms with Crippen molar-refractivity contribution in [1.29, 1.82) is 0 Å². The molecule has 1 aliphatic rings. The fourth-order valence-electron chi connectivity index (χ4n) is 2.45. The Balaban J connectivity index is 2.10. The van der Waals surface area contributed by atoms with E-state index in [9.17, 15) is 14.4 Å². The zero-order valence-corrected chi connectivity index (χ0v) is 11.7. The van der Waals surface area contributed by atoms with Gasteiger partial charge in [0.25, 0.3) is 0 Å². The number of carbonyl (C=O) groups excluding carboxylic acids is 2. The first-order valence-electron chi connectivity index (χ1n) is 6.24. The van der Waals surface area contributed by atoms with E-state index < -0.39 is 23.8 Å². The SMILES string of the molecule is COC(=O)c1sccc1NC(=O)[C@@H]1CCC[C@@H]1C(=O)O. The molecule has 0 saturated heterocycles. The summed E-state index contributed by atoms with van der Waals surface area (Å²) in [6, 6.07) is 1.61. The van der Waals surface area contributed by atoms with E-state index in [0.29, 0.717) is 23.4 Å². The van der Waals surface area contributed by atoms with Crippen molar-refractivity contribution in [3.63, 3.8) is 0 Å². The molecule has 2 atom stereocenters. The van der Waals surface area contributed by atoms with Gasteiger partial charge in [0.05, 0.1) is 24.6 Å². The number of thiophene rings is 1. The molecule has 1 fully saturated rings. The fraction of sp³-hybridized carbons (Fsp3) is 0.462. The number of carboxylic acid groups (broad SMARTS) is 1. The Hall–Kier alpha value is -1.89. The number of ether oxygens (including phenoxy) is 1. The molecule has 1 aliphatic carbocycles. The molecule has 108 valence electrons. The van der Waals surface area contributed by atoms with Gasteiger partial charge in [-0.15, -0.1) is 11.3 Å². The lowest BCUT2D eigenvalue weighted by atomic mass is 9.95. The third-order valence-electron chi connectivity index (χ3n) is 3.46. The van der Waals surface area contributed by atoms with Gasteiger partial charge in [-0.25, -0.2) is 4.79 Å². The number of hydrogen-bond acceptors (Lipinski definition) is 5. The van der Waals surface area contributed by atoms with Gasteiger partial charge in [0.15, 0.2) is 0 Å². The summed E-state index contributed by atoms with van der Waals surface area (Å²) in [7, 11) is 1.27. The highest BCUT2D eigenvalue weighted by atomic mass is 32.1. The van der Waals surface area contributed by atoms with Gasteiger partial charge in [-0.05, 0) is 24.3 Å². The van der Waals surface area contributed by atoms with Crippen LogP contribution in [0.4, 0.5) is 5.69 Å². The minimum atomic E-state index is -0.943. The van der Waals surface area contributed by atoms with E-state index in [0.717, 1.165) is 6.42 Å². The van der Waals surface area contributed by atoms with Crippen LogP contribution in [0.1, 0.15) is 28.9 Å². The predicted octanol–water partition coefficient (Wildman–Crippen LogP) is 1.97. The van der Waals surface area contributed by atoms with E-state index in [2.05, 4.69) is 10.1 Å². The molecule has 0 radical (unpaired) electrons. The van der Waals surface area contributed by atoms with Gasteiger partial charge in [0.2, 0.25) is 5.91 Å². The molecule has 1 heterocycles. The summed E-state index contributed by atoms with van der Waals surface area (Å²) in [6.45, 7) is 0. The highest BCUT2D eigenvalue weighted by molar-refractivity contribution is 7.12. The van der Waals surface area contributed by atoms with E-state index in [1.54, 1.807) is 11.4 Å². The summed E-state index contributed by atoms with van der Waals surface area (Å²) in [6.07, 6.45) is 1.80. The second kappa shape index (κ2) is 6.04. The van der Waals surface area contributed by atoms with E-state index in [1.165, 1.54) is 18.4 Å². The zero-order valence-electron chi connectivity index (χ0n) is 10.9. The lowest BCUT2D eigenvalue weighted by Crippen LogP contribution is -2.30. The van der Waals surface area contributed by atoms with Crippen molar-refractivity contribution in [1.82, 2.24) is 0 Å². The fourth-order valence-corrected chi connectivity index (χ4v) is 3.22. The highest BCUT2D eigenvalue weighted by Gasteiger charge is 2.38. The van der Waals surface area contributed by atoms with Crippen LogP contribution in [0.5, 0.6) is 0 Å². The van der Waals surface area contributed by atoms with Gasteiger partial charge in [0, 0.05) is 0 Å². The third-order valence-corrected chi connectivity index (χ3v) is 4.36. The number of esters is 1. The molecule has 20 heavy (non-hydrogen) atoms. The molecule has 1 aromatic heterocycles. The molecule has 1 aromatic rings. The van der Waals surface area contributed by atoms with Crippen molar-refractivity contribution >= 4 is 34.9 Å². The number of carbonyl (C=O) groups is 3. The zero-order chi connectivity index (χ0) is 14.7. The lowest BCUT2D eigenvalue weighted by Gasteiger charge is -2.15. The second-order valence-corrected chi connectivity index (χ2v) is 5.54. The van der Waals surface area contributed by atoms with Crippen LogP contribution < -0.4 is 5.32 Å². The van der Waals surface area contributed by atoms with Gasteiger partial charge in [-0.3, -0.25) is 9.59 Å². The molecule has 0 unspecified atom stereocenters. The van der Waals surface area contributed by atoms with Gasteiger partial charge in [-0.1, -0.05) is 6.42 Å². The van der Waals surface area contributed by atoms with Crippen molar-refractivity contribution in [2.45, 2.75) is 19.3 Å². The maximum atomic E-state index is 12.2. The van der Waals surface area contributed by atoms with Crippen molar-refractivity contribution in [3.05, 3.63) is 16.3 Å². The van der Waals surface area contributed by atoms with Crippen LogP contribution in [0.15, 0.2) is 11.4 Å². The quantitative estimate of drug-likeness (QED) is 0.829. The second-order valence-electron chi connectivity index (χ2n) is 4.63. The van der Waals surface area contributed by atoms with Gasteiger partial charge < -0.3 is 15.2 Å². The number of aliphatic carboxylic acids is 1. The number of methoxy groups -OCH3 is 1. The maximum Gasteiger partial charge on any atom is 0.350 e. The summed E-state index contributed by atoms with van der Waals surface area (Å²) >= 11 is 1.17. The van der Waals surface area contributed by atoms with E-state index >= 15 is 0 Å². The first-order chi connectivity index (χ1) is 9.54. The van der Waals surface area contributed by atoms with Crippen molar-refractivity contribution in [2.24, 2.45) is 11.8 Å². The number of anilines is 1. The van der Waals surface area contributed by atoms with Gasteiger partial charge >= 0.3 is 11.9 Å². The average Bonchev–Trinajstić information content (AvgIpc) is 3.06. The normalized spacial score (nSPS) is 21.4. The molecule has 0 bridgehead atoms. The molecule has 7 heteroatoms. The van der Waals surface area contributed by atoms with Crippen LogP contribution in [0.2, 0.25) is 0 Å². The number of carboxylic acids is 1. The summed E-state index contributed by atoms with van der Waals surface area (Å²) in [4.78, 5) is 35.1. The minimum Gasteiger partial charge on any atom is -0.481 e. The van der Waals surface area contributed by atoms with Crippen LogP contribution in [-0.2, 0) is 14.3 Å². The Morgan fingerprint density at radius 3 is 2.70 bits per heavy atom. The molecule has 2 rings (SSSR count). The Labute approximate surface area is 119 Å². The van der Waals surface area contributed by atoms with Crippen molar-refractivity contribution in [2.75, 3.05) is 12.4 Å². The molecule has 6 nitrogen and oxygen atoms in total. The van der Waals surface area contributed by atoms with Gasteiger partial charge in [0.1, 0.15) is 4.88 Å². The van der Waals surface area contributed by atoms with Crippen LogP contribution in [-0.4, -0.2) is 30.1 Å². The predicted molar refractivity (Wildman–Crippen MR) is 72.8 cm³/mol. The van der Waals surface area contributed by atoms with Crippen LogP contribution in [0.3, 0.4) is 0 Å². The number of amides is 1. The van der Waals surface area contributed by atoms with Crippen LogP contribution in [0.25, 0.3) is 0 Å². The molecular weight excluding hydrogens is 282 g/mol. The number of rotatable bonds is 4. The maximum absolute atomic E-state index is 12.2. The van der Waals surface area contributed by atoms with Crippen LogP contribution >= 0.6 is 11.3 Å². The minimum absolute atomic E-state index is 0.311. The molecule has 1 amide bonds. The first-order valence-corrected chi connectivity index (χ1v) is 7.12. The summed E-state index contributed by atoms with van der Waals surface area (Å²) < 4.78 is 4.63. The molecule has 0 spiro atoms. The molecule has 0 aliphatic heterocycles. The first kappa shape index (κ1) is 14.5. The Morgan fingerprint density at radius 2 is 2.05 bits per heavy atom. The van der Waals surface area contributed by atoms with E-state index in [4.69, 9.17) is 5.11 Å².